The Bertz CT molecular complexity index is 161. The second-order valence-corrected chi connectivity index (χ2v) is 5.13. The third-order valence-electron chi connectivity index (χ3n) is 4.67. The highest BCUT2D eigenvalue weighted by Crippen LogP contribution is 2.55. The van der Waals surface area contributed by atoms with Gasteiger partial charge in [-0.3, -0.25) is 0 Å². The highest BCUT2D eigenvalue weighted by Gasteiger charge is 2.47. The van der Waals surface area contributed by atoms with E-state index in [-0.39, 0.29) is 6.10 Å². The van der Waals surface area contributed by atoms with E-state index in [0.29, 0.717) is 0 Å². The summed E-state index contributed by atoms with van der Waals surface area (Å²) in [5.41, 5.74) is 0. The molecule has 1 N–H and O–H groups in total. The summed E-state index contributed by atoms with van der Waals surface area (Å²) >= 11 is 0. The molecule has 0 heterocycles. The topological polar surface area (TPSA) is 20.2 Å². The summed E-state index contributed by atoms with van der Waals surface area (Å²) in [6.07, 6.45) is 8.20. The molecular formula is C11H18O. The lowest BCUT2D eigenvalue weighted by atomic mass is 9.60. The molecule has 0 radical (unpaired) electrons. The van der Waals surface area contributed by atoms with E-state index in [1.807, 2.05) is 0 Å². The molecule has 0 spiro atoms. The van der Waals surface area contributed by atoms with E-state index < -0.39 is 0 Å². The zero-order chi connectivity index (χ0) is 8.13. The molecule has 4 saturated carbocycles. The van der Waals surface area contributed by atoms with Crippen molar-refractivity contribution in [1.29, 1.82) is 0 Å². The lowest BCUT2D eigenvalue weighted by Crippen LogP contribution is -2.36. The van der Waals surface area contributed by atoms with E-state index in [1.165, 1.54) is 25.7 Å². The Kier molecular flexibility index (Phi) is 1.52. The molecule has 4 aliphatic carbocycles. The maximum Gasteiger partial charge on any atom is 0.0546 e. The van der Waals surface area contributed by atoms with Crippen molar-refractivity contribution < 1.29 is 5.11 Å². The molecule has 0 amide bonds. The smallest absolute Gasteiger partial charge is 0.0546 e. The molecule has 4 aliphatic rings. The highest BCUT2D eigenvalue weighted by atomic mass is 16.3. The third-order valence-corrected chi connectivity index (χ3v) is 4.67. The average Bonchev–Trinajstić information content (AvgIpc) is 2.49. The largest absolute Gasteiger partial charge is 0.393 e. The summed E-state index contributed by atoms with van der Waals surface area (Å²) in [7, 11) is 0. The highest BCUT2D eigenvalue weighted by molar-refractivity contribution is 4.98. The van der Waals surface area contributed by atoms with E-state index in [0.717, 1.165) is 36.5 Å². The second kappa shape index (κ2) is 2.47. The first-order valence-corrected chi connectivity index (χ1v) is 5.52. The molecule has 12 heavy (non-hydrogen) atoms. The van der Waals surface area contributed by atoms with Crippen molar-refractivity contribution in [2.75, 3.05) is 0 Å². The van der Waals surface area contributed by atoms with Crippen molar-refractivity contribution >= 4 is 0 Å². The van der Waals surface area contributed by atoms with Crippen LogP contribution in [0.1, 0.15) is 38.5 Å². The van der Waals surface area contributed by atoms with Crippen LogP contribution in [0.4, 0.5) is 0 Å². The first kappa shape index (κ1) is 7.37. The minimum absolute atomic E-state index is 0.0567. The molecule has 0 aliphatic heterocycles. The summed E-state index contributed by atoms with van der Waals surface area (Å²) in [4.78, 5) is 0. The Morgan fingerprint density at radius 2 is 1.17 bits per heavy atom. The molecule has 1 heteroatoms. The minimum Gasteiger partial charge on any atom is -0.393 e. The number of rotatable bonds is 0. The Morgan fingerprint density at radius 1 is 0.750 bits per heavy atom. The Balaban J connectivity index is 1.86. The second-order valence-electron chi connectivity index (χ2n) is 5.13. The Morgan fingerprint density at radius 3 is 1.58 bits per heavy atom. The van der Waals surface area contributed by atoms with Crippen molar-refractivity contribution in [3.05, 3.63) is 0 Å². The number of aliphatic hydroxyl groups is 1. The Hall–Kier alpha value is -0.0400. The van der Waals surface area contributed by atoms with Crippen molar-refractivity contribution in [1.82, 2.24) is 0 Å². The lowest BCUT2D eigenvalue weighted by molar-refractivity contribution is 0.0455. The summed E-state index contributed by atoms with van der Waals surface area (Å²) < 4.78 is 0. The maximum atomic E-state index is 9.62. The zero-order valence-electron chi connectivity index (χ0n) is 7.58. The fourth-order valence-electron chi connectivity index (χ4n) is 4.16. The minimum atomic E-state index is 0.0567. The van der Waals surface area contributed by atoms with Gasteiger partial charge in [0.25, 0.3) is 0 Å². The van der Waals surface area contributed by atoms with Crippen molar-refractivity contribution in [3.63, 3.8) is 0 Å². The van der Waals surface area contributed by atoms with Crippen molar-refractivity contribution in [3.8, 4) is 0 Å². The molecule has 0 aromatic rings. The van der Waals surface area contributed by atoms with Crippen LogP contribution in [-0.4, -0.2) is 11.2 Å². The Labute approximate surface area is 74.2 Å². The van der Waals surface area contributed by atoms with Gasteiger partial charge >= 0.3 is 0 Å². The molecule has 2 bridgehead atoms. The van der Waals surface area contributed by atoms with Gasteiger partial charge in [-0.15, -0.1) is 0 Å². The van der Waals surface area contributed by atoms with Crippen LogP contribution in [0.5, 0.6) is 0 Å². The van der Waals surface area contributed by atoms with Crippen LogP contribution in [-0.2, 0) is 0 Å². The van der Waals surface area contributed by atoms with Gasteiger partial charge in [0.05, 0.1) is 6.10 Å². The van der Waals surface area contributed by atoms with E-state index in [2.05, 4.69) is 0 Å². The number of hydrogen-bond donors (Lipinski definition) is 1. The molecule has 0 aromatic heterocycles. The monoisotopic (exact) mass is 166 g/mol. The van der Waals surface area contributed by atoms with Gasteiger partial charge in [0.15, 0.2) is 0 Å². The van der Waals surface area contributed by atoms with Gasteiger partial charge in [-0.25, -0.2) is 0 Å². The summed E-state index contributed by atoms with van der Waals surface area (Å²) in [6.45, 7) is 0. The fourth-order valence-corrected chi connectivity index (χ4v) is 4.16. The third kappa shape index (κ3) is 0.891. The van der Waals surface area contributed by atoms with Gasteiger partial charge in [0.1, 0.15) is 0 Å². The molecule has 3 atom stereocenters. The normalized spacial score (nSPS) is 57.2. The molecule has 4 rings (SSSR count). The molecule has 4 fully saturated rings. The first-order chi connectivity index (χ1) is 5.84. The predicted octanol–water partition coefficient (Wildman–Crippen LogP) is 2.19. The molecule has 0 saturated heterocycles. The predicted molar refractivity (Wildman–Crippen MR) is 47.7 cm³/mol. The quantitative estimate of drug-likeness (QED) is 0.585. The van der Waals surface area contributed by atoms with Gasteiger partial charge in [0, 0.05) is 0 Å². The van der Waals surface area contributed by atoms with Gasteiger partial charge in [0.2, 0.25) is 0 Å². The van der Waals surface area contributed by atoms with Crippen LogP contribution < -0.4 is 0 Å². The van der Waals surface area contributed by atoms with Gasteiger partial charge in [-0.2, -0.15) is 0 Å². The van der Waals surface area contributed by atoms with E-state index >= 15 is 0 Å². The van der Waals surface area contributed by atoms with Gasteiger partial charge < -0.3 is 5.11 Å². The number of fused-ring (bicyclic) bond motifs is 2. The van der Waals surface area contributed by atoms with Crippen LogP contribution in [0, 0.1) is 23.7 Å². The van der Waals surface area contributed by atoms with Crippen molar-refractivity contribution in [2.45, 2.75) is 44.6 Å². The molecular weight excluding hydrogens is 148 g/mol. The molecule has 1 nitrogen and oxygen atoms in total. The van der Waals surface area contributed by atoms with E-state index in [4.69, 9.17) is 0 Å². The van der Waals surface area contributed by atoms with Crippen LogP contribution >= 0.6 is 0 Å². The number of aliphatic hydroxyl groups excluding tert-OH is 1. The van der Waals surface area contributed by atoms with Crippen molar-refractivity contribution in [2.24, 2.45) is 23.7 Å². The summed E-state index contributed by atoms with van der Waals surface area (Å²) in [5, 5.41) is 9.62. The fraction of sp³-hybridized carbons (Fsp3) is 1.00. The van der Waals surface area contributed by atoms with Crippen LogP contribution in [0.3, 0.4) is 0 Å². The SMILES string of the molecule is OC1C[C@@H]2C3CCC(CC3)[C@@H]2C1. The summed E-state index contributed by atoms with van der Waals surface area (Å²) in [5.74, 6) is 3.84. The zero-order valence-corrected chi connectivity index (χ0v) is 7.58. The lowest BCUT2D eigenvalue weighted by Gasteiger charge is -2.45. The molecule has 68 valence electrons. The van der Waals surface area contributed by atoms with E-state index in [1.54, 1.807) is 0 Å². The standard InChI is InChI=1S/C11H18O/c12-9-5-10-7-1-2-8(4-3-7)11(10)6-9/h7-12H,1-6H2/t7?,8?,9?,10-,11+. The van der Waals surface area contributed by atoms with Crippen LogP contribution in [0.25, 0.3) is 0 Å². The molecule has 1 unspecified atom stereocenters. The number of hydrogen-bond acceptors (Lipinski definition) is 1. The molecule has 0 aromatic carbocycles. The maximum absolute atomic E-state index is 9.62. The van der Waals surface area contributed by atoms with Crippen LogP contribution in [0.2, 0.25) is 0 Å². The van der Waals surface area contributed by atoms with Crippen LogP contribution in [0.15, 0.2) is 0 Å². The average molecular weight is 166 g/mol. The van der Waals surface area contributed by atoms with Gasteiger partial charge in [-0.1, -0.05) is 0 Å². The summed E-state index contributed by atoms with van der Waals surface area (Å²) in [6, 6.07) is 0. The first-order valence-electron chi connectivity index (χ1n) is 5.52. The van der Waals surface area contributed by atoms with Gasteiger partial charge in [-0.05, 0) is 62.2 Å². The van der Waals surface area contributed by atoms with E-state index in [9.17, 15) is 5.11 Å².